The van der Waals surface area contributed by atoms with Crippen LogP contribution in [0.25, 0.3) is 0 Å². The largest absolute Gasteiger partial charge is 0.379 e. The topological polar surface area (TPSA) is 27.7 Å². The molecule has 2 saturated heterocycles. The fraction of sp³-hybridized carbons (Fsp3) is 1.00. The van der Waals surface area contributed by atoms with Crippen LogP contribution in [0.4, 0.5) is 0 Å². The molecule has 2 aliphatic heterocycles. The second-order valence-corrected chi connectivity index (χ2v) is 5.71. The van der Waals surface area contributed by atoms with Gasteiger partial charge in [-0.3, -0.25) is 4.90 Å². The normalized spacial score (nSPS) is 28.7. The molecule has 2 rings (SSSR count). The molecule has 1 N–H and O–H groups in total. The molecule has 0 aromatic heterocycles. The molecule has 2 fully saturated rings. The third-order valence-electron chi connectivity index (χ3n) is 4.08. The number of nitrogens with one attached hydrogen (secondary N) is 1. The van der Waals surface area contributed by atoms with Crippen LogP contribution in [-0.2, 0) is 4.74 Å². The second kappa shape index (κ2) is 7.43. The predicted molar refractivity (Wildman–Crippen MR) is 75.0 cm³/mol. The first kappa shape index (κ1) is 14.3. The predicted octanol–water partition coefficient (Wildman–Crippen LogP) is 0.781. The van der Waals surface area contributed by atoms with Crippen LogP contribution < -0.4 is 5.32 Å². The summed E-state index contributed by atoms with van der Waals surface area (Å²) in [7, 11) is 0. The van der Waals surface area contributed by atoms with Crippen LogP contribution >= 0.6 is 0 Å². The van der Waals surface area contributed by atoms with Gasteiger partial charge in [-0.1, -0.05) is 6.92 Å². The van der Waals surface area contributed by atoms with Gasteiger partial charge in [-0.05, 0) is 32.9 Å². The zero-order valence-corrected chi connectivity index (χ0v) is 12.0. The number of ether oxygens (including phenoxy) is 1. The van der Waals surface area contributed by atoms with E-state index in [0.29, 0.717) is 6.04 Å². The minimum Gasteiger partial charge on any atom is -0.379 e. The van der Waals surface area contributed by atoms with Gasteiger partial charge in [0.05, 0.1) is 13.2 Å². The van der Waals surface area contributed by atoms with E-state index < -0.39 is 0 Å². The molecule has 0 spiro atoms. The zero-order valence-electron chi connectivity index (χ0n) is 12.0. The maximum Gasteiger partial charge on any atom is 0.0594 e. The van der Waals surface area contributed by atoms with E-state index in [1.165, 1.54) is 32.5 Å². The van der Waals surface area contributed by atoms with Crippen molar-refractivity contribution in [2.24, 2.45) is 0 Å². The molecule has 2 heterocycles. The molecule has 2 atom stereocenters. The smallest absolute Gasteiger partial charge is 0.0594 e. The molecule has 0 aromatic carbocycles. The Hall–Kier alpha value is -0.160. The van der Waals surface area contributed by atoms with Crippen LogP contribution in [0, 0.1) is 0 Å². The van der Waals surface area contributed by atoms with Crippen molar-refractivity contribution in [2.45, 2.75) is 38.8 Å². The summed E-state index contributed by atoms with van der Waals surface area (Å²) in [6, 6.07) is 1.39. The Kier molecular flexibility index (Phi) is 5.89. The molecule has 0 bridgehead atoms. The highest BCUT2D eigenvalue weighted by Crippen LogP contribution is 2.16. The third-order valence-corrected chi connectivity index (χ3v) is 4.08. The molecule has 0 aliphatic carbocycles. The van der Waals surface area contributed by atoms with E-state index in [1.54, 1.807) is 0 Å². The summed E-state index contributed by atoms with van der Waals surface area (Å²) in [5.41, 5.74) is 0. The first-order valence-electron chi connectivity index (χ1n) is 7.57. The van der Waals surface area contributed by atoms with Gasteiger partial charge in [-0.25, -0.2) is 0 Å². The first-order chi connectivity index (χ1) is 8.79. The van der Waals surface area contributed by atoms with Crippen LogP contribution in [0.1, 0.15) is 26.7 Å². The van der Waals surface area contributed by atoms with E-state index in [2.05, 4.69) is 29.0 Å². The molecule has 0 radical (unpaired) electrons. The molecule has 4 nitrogen and oxygen atoms in total. The van der Waals surface area contributed by atoms with Crippen molar-refractivity contribution in [2.75, 3.05) is 52.5 Å². The van der Waals surface area contributed by atoms with Crippen LogP contribution in [0.2, 0.25) is 0 Å². The Morgan fingerprint density at radius 2 is 2.06 bits per heavy atom. The number of likely N-dealkylation sites (tertiary alicyclic amines) is 1. The van der Waals surface area contributed by atoms with Crippen LogP contribution in [0.5, 0.6) is 0 Å². The van der Waals surface area contributed by atoms with Gasteiger partial charge in [0.15, 0.2) is 0 Å². The van der Waals surface area contributed by atoms with Crippen molar-refractivity contribution in [1.29, 1.82) is 0 Å². The maximum absolute atomic E-state index is 5.43. The van der Waals surface area contributed by atoms with E-state index in [1.807, 2.05) is 0 Å². The minimum absolute atomic E-state index is 0.619. The van der Waals surface area contributed by atoms with Crippen molar-refractivity contribution in [1.82, 2.24) is 15.1 Å². The van der Waals surface area contributed by atoms with E-state index in [4.69, 9.17) is 4.74 Å². The lowest BCUT2D eigenvalue weighted by Crippen LogP contribution is -2.45. The van der Waals surface area contributed by atoms with Crippen molar-refractivity contribution in [3.8, 4) is 0 Å². The van der Waals surface area contributed by atoms with E-state index >= 15 is 0 Å². The molecule has 4 heteroatoms. The first-order valence-corrected chi connectivity index (χ1v) is 7.57. The Morgan fingerprint density at radius 3 is 2.78 bits per heavy atom. The Morgan fingerprint density at radius 1 is 1.28 bits per heavy atom. The standard InChI is InChI=1S/C14H29N3O/c1-3-5-15-13(2)11-16-6-4-14(12-16)17-7-9-18-10-8-17/h13-15H,3-12H2,1-2H3. The van der Waals surface area contributed by atoms with Crippen molar-refractivity contribution in [3.63, 3.8) is 0 Å². The molecule has 0 saturated carbocycles. The SMILES string of the molecule is CCCNC(C)CN1CCC(N2CCOCC2)C1. The molecule has 18 heavy (non-hydrogen) atoms. The van der Waals surface area contributed by atoms with E-state index in [-0.39, 0.29) is 0 Å². The van der Waals surface area contributed by atoms with E-state index in [0.717, 1.165) is 38.9 Å². The van der Waals surface area contributed by atoms with Crippen molar-refractivity contribution in [3.05, 3.63) is 0 Å². The highest BCUT2D eigenvalue weighted by Gasteiger charge is 2.28. The summed E-state index contributed by atoms with van der Waals surface area (Å²) < 4.78 is 5.43. The minimum atomic E-state index is 0.619. The lowest BCUT2D eigenvalue weighted by Gasteiger charge is -2.32. The number of hydrogen-bond donors (Lipinski definition) is 1. The lowest BCUT2D eigenvalue weighted by molar-refractivity contribution is 0.0184. The van der Waals surface area contributed by atoms with Gasteiger partial charge in [-0.2, -0.15) is 0 Å². The molecular formula is C14H29N3O. The number of morpholine rings is 1. The summed E-state index contributed by atoms with van der Waals surface area (Å²) >= 11 is 0. The van der Waals surface area contributed by atoms with Gasteiger partial charge in [0.2, 0.25) is 0 Å². The third kappa shape index (κ3) is 4.19. The van der Waals surface area contributed by atoms with Crippen molar-refractivity contribution < 1.29 is 4.74 Å². The lowest BCUT2D eigenvalue weighted by atomic mass is 10.2. The summed E-state index contributed by atoms with van der Waals surface area (Å²) in [6.45, 7) is 13.5. The van der Waals surface area contributed by atoms with Crippen LogP contribution in [0.15, 0.2) is 0 Å². The average molecular weight is 255 g/mol. The number of hydrogen-bond acceptors (Lipinski definition) is 4. The maximum atomic E-state index is 5.43. The van der Waals surface area contributed by atoms with Gasteiger partial charge < -0.3 is 15.0 Å². The Bertz CT molecular complexity index is 231. The molecule has 2 aliphatic rings. The van der Waals surface area contributed by atoms with E-state index in [9.17, 15) is 0 Å². The monoisotopic (exact) mass is 255 g/mol. The summed E-state index contributed by atoms with van der Waals surface area (Å²) in [6.07, 6.45) is 2.56. The highest BCUT2D eigenvalue weighted by molar-refractivity contribution is 4.85. The van der Waals surface area contributed by atoms with Gasteiger partial charge in [0.25, 0.3) is 0 Å². The Labute approximate surface area is 112 Å². The molecule has 0 amide bonds. The number of rotatable bonds is 6. The summed E-state index contributed by atoms with van der Waals surface area (Å²) in [4.78, 5) is 5.24. The molecular weight excluding hydrogens is 226 g/mol. The molecule has 0 aromatic rings. The van der Waals surface area contributed by atoms with Gasteiger partial charge in [0.1, 0.15) is 0 Å². The fourth-order valence-electron chi connectivity index (χ4n) is 3.06. The summed E-state index contributed by atoms with van der Waals surface area (Å²) in [5, 5.41) is 3.58. The summed E-state index contributed by atoms with van der Waals surface area (Å²) in [5.74, 6) is 0. The fourth-order valence-corrected chi connectivity index (χ4v) is 3.06. The quantitative estimate of drug-likeness (QED) is 0.759. The zero-order chi connectivity index (χ0) is 12.8. The van der Waals surface area contributed by atoms with Gasteiger partial charge in [-0.15, -0.1) is 0 Å². The van der Waals surface area contributed by atoms with Gasteiger partial charge in [0, 0.05) is 38.3 Å². The van der Waals surface area contributed by atoms with Crippen LogP contribution in [0.3, 0.4) is 0 Å². The van der Waals surface area contributed by atoms with Crippen LogP contribution in [-0.4, -0.2) is 74.4 Å². The molecule has 2 unspecified atom stereocenters. The Balaban J connectivity index is 1.67. The average Bonchev–Trinajstić information content (AvgIpc) is 2.86. The van der Waals surface area contributed by atoms with Gasteiger partial charge >= 0.3 is 0 Å². The highest BCUT2D eigenvalue weighted by atomic mass is 16.5. The van der Waals surface area contributed by atoms with Crippen molar-refractivity contribution >= 4 is 0 Å². The second-order valence-electron chi connectivity index (χ2n) is 5.71. The molecule has 106 valence electrons. The number of nitrogens with zero attached hydrogens (tertiary/aromatic N) is 2.